The van der Waals surface area contributed by atoms with Crippen molar-refractivity contribution in [1.82, 2.24) is 0 Å². The van der Waals surface area contributed by atoms with Crippen LogP contribution >= 0.6 is 7.82 Å². The number of benzene rings is 3. The summed E-state index contributed by atoms with van der Waals surface area (Å²) in [7, 11) is -5.30. The molecule has 0 fully saturated rings. The number of phosphoric acid groups is 1. The van der Waals surface area contributed by atoms with Crippen LogP contribution in [0.15, 0.2) is 60.7 Å². The fourth-order valence-electron chi connectivity index (χ4n) is 3.68. The Balaban J connectivity index is 0.00000181. The number of cyclic esters (lactones) is 1. The van der Waals surface area contributed by atoms with Gasteiger partial charge in [0.1, 0.15) is 19.3 Å². The van der Waals surface area contributed by atoms with E-state index in [2.05, 4.69) is 4.52 Å². The third kappa shape index (κ3) is 4.87. The molecule has 154 valence electrons. The zero-order chi connectivity index (χ0) is 21.7. The van der Waals surface area contributed by atoms with Crippen molar-refractivity contribution < 1.29 is 92.6 Å². The Labute approximate surface area is 229 Å². The average molecular weight is 470 g/mol. The molecule has 32 heavy (non-hydrogen) atoms. The topological polar surface area (TPSA) is 119 Å². The van der Waals surface area contributed by atoms with Gasteiger partial charge in [0.05, 0.1) is 5.56 Å². The first-order valence-corrected chi connectivity index (χ1v) is 10.5. The maximum atomic E-state index is 12.7. The number of phenolic OH excluding ortho intramolecular Hbond substituents is 1. The molecule has 0 spiro atoms. The summed E-state index contributed by atoms with van der Waals surface area (Å²) in [5, 5.41) is 10.3. The molecular weight excluding hydrogens is 453 g/mol. The second-order valence-corrected chi connectivity index (χ2v) is 8.21. The molecule has 3 aromatic carbocycles. The Morgan fingerprint density at radius 3 is 2.16 bits per heavy atom. The zero-order valence-electron chi connectivity index (χ0n) is 18.1. The number of carbonyl (C=O) groups excluding carboxylic acids is 1. The van der Waals surface area contributed by atoms with Crippen LogP contribution < -0.4 is 73.4 Å². The van der Waals surface area contributed by atoms with Crippen molar-refractivity contribution in [1.29, 1.82) is 0 Å². The van der Waals surface area contributed by atoms with E-state index in [4.69, 9.17) is 4.74 Å². The van der Waals surface area contributed by atoms with E-state index in [1.165, 1.54) is 12.1 Å². The van der Waals surface area contributed by atoms with Crippen LogP contribution in [0.25, 0.3) is 0 Å². The summed E-state index contributed by atoms with van der Waals surface area (Å²) in [5.41, 5.74) is 1.31. The fraction of sp³-hybridized carbons (Fsp3) is 0.136. The van der Waals surface area contributed by atoms with Gasteiger partial charge < -0.3 is 28.7 Å². The van der Waals surface area contributed by atoms with E-state index >= 15 is 0 Å². The number of phosphoric ester groups is 1. The number of hydrogen-bond acceptors (Lipinski definition) is 7. The van der Waals surface area contributed by atoms with Gasteiger partial charge in [0.25, 0.3) is 0 Å². The first-order valence-electron chi connectivity index (χ1n) is 9.07. The molecule has 1 aliphatic rings. The summed E-state index contributed by atoms with van der Waals surface area (Å²) in [6, 6.07) is 16.3. The Morgan fingerprint density at radius 1 is 0.938 bits per heavy atom. The number of fused-ring (bicyclic) bond motifs is 1. The minimum atomic E-state index is -5.30. The average Bonchev–Trinajstić information content (AvgIpc) is 2.99. The van der Waals surface area contributed by atoms with Crippen LogP contribution in [0.5, 0.6) is 11.5 Å². The van der Waals surface area contributed by atoms with Gasteiger partial charge in [0, 0.05) is 16.7 Å². The number of rotatable bonds is 4. The van der Waals surface area contributed by atoms with E-state index in [1.54, 1.807) is 62.4 Å². The van der Waals surface area contributed by atoms with E-state index in [9.17, 15) is 24.3 Å². The van der Waals surface area contributed by atoms with Gasteiger partial charge in [-0.2, -0.15) is 0 Å². The van der Waals surface area contributed by atoms with Crippen LogP contribution in [0.2, 0.25) is 0 Å². The van der Waals surface area contributed by atoms with Crippen LogP contribution in [0.4, 0.5) is 0 Å². The number of hydrogen-bond donors (Lipinski definition) is 1. The molecule has 0 radical (unpaired) electrons. The number of carbonyl (C=O) groups is 1. The SMILES string of the molecule is Cc1ccc(C2(c3ccc(C)c(OP(=O)([O-])[O-])c3)OC(=O)c3ccccc32)cc1O.[Na+].[Na+]. The molecule has 1 aliphatic heterocycles. The Hall–Kier alpha value is -1.12. The van der Waals surface area contributed by atoms with Gasteiger partial charge in [-0.3, -0.25) is 0 Å². The second-order valence-electron chi connectivity index (χ2n) is 7.14. The number of aryl methyl sites for hydroxylation is 2. The molecule has 0 bridgehead atoms. The van der Waals surface area contributed by atoms with Crippen molar-refractivity contribution in [2.24, 2.45) is 0 Å². The van der Waals surface area contributed by atoms with Crippen molar-refractivity contribution in [3.63, 3.8) is 0 Å². The second kappa shape index (κ2) is 10.0. The molecule has 1 unspecified atom stereocenters. The minimum Gasteiger partial charge on any atom is -0.780 e. The number of aromatic hydroxyl groups is 1. The number of ether oxygens (including phenoxy) is 1. The van der Waals surface area contributed by atoms with Gasteiger partial charge in [-0.1, -0.05) is 42.5 Å². The zero-order valence-corrected chi connectivity index (χ0v) is 23.0. The van der Waals surface area contributed by atoms with Gasteiger partial charge in [-0.15, -0.1) is 0 Å². The predicted octanol–water partition coefficient (Wildman–Crippen LogP) is -3.31. The molecule has 4 rings (SSSR count). The Kier molecular flexibility index (Phi) is 8.49. The van der Waals surface area contributed by atoms with E-state index in [-0.39, 0.29) is 70.6 Å². The minimum absolute atomic E-state index is 0. The van der Waals surface area contributed by atoms with E-state index in [0.29, 0.717) is 33.4 Å². The number of esters is 1. The summed E-state index contributed by atoms with van der Waals surface area (Å²) in [5.74, 6) is -0.705. The third-order valence-electron chi connectivity index (χ3n) is 5.19. The normalized spacial score (nSPS) is 16.9. The van der Waals surface area contributed by atoms with E-state index in [0.717, 1.165) is 0 Å². The van der Waals surface area contributed by atoms with Gasteiger partial charge in [0.15, 0.2) is 5.60 Å². The van der Waals surface area contributed by atoms with Gasteiger partial charge in [0.2, 0.25) is 0 Å². The van der Waals surface area contributed by atoms with Gasteiger partial charge in [-0.25, -0.2) is 4.79 Å². The smallest absolute Gasteiger partial charge is 0.780 e. The summed E-state index contributed by atoms with van der Waals surface area (Å²) in [4.78, 5) is 35.1. The molecule has 3 aromatic rings. The van der Waals surface area contributed by atoms with Crippen molar-refractivity contribution in [2.75, 3.05) is 0 Å². The monoisotopic (exact) mass is 470 g/mol. The Morgan fingerprint density at radius 2 is 1.53 bits per heavy atom. The van der Waals surface area contributed by atoms with Crippen molar-refractivity contribution in [3.05, 3.63) is 94.0 Å². The van der Waals surface area contributed by atoms with Gasteiger partial charge in [-0.05, 0) is 43.2 Å². The molecule has 0 saturated heterocycles. The molecule has 0 amide bonds. The standard InChI is InChI=1S/C22H19O7P.2Na/c1-13-7-9-15(11-19(13)23)22(18-6-4-3-5-17(18)21(24)28-22)16-10-8-14(2)20(12-16)29-30(25,26)27;;/h3-12,23H,1-2H3,(H2,25,26,27);;/q;2*+1/p-2. The van der Waals surface area contributed by atoms with Crippen molar-refractivity contribution in [2.45, 2.75) is 19.4 Å². The van der Waals surface area contributed by atoms with Crippen LogP contribution in [-0.2, 0) is 14.9 Å². The first kappa shape index (κ1) is 27.1. The molecule has 0 aromatic heterocycles. The molecule has 0 saturated carbocycles. The molecule has 1 N–H and O–H groups in total. The summed E-state index contributed by atoms with van der Waals surface area (Å²) in [6.07, 6.45) is 0. The molecule has 10 heteroatoms. The van der Waals surface area contributed by atoms with E-state index in [1.807, 2.05) is 0 Å². The van der Waals surface area contributed by atoms with Crippen LogP contribution in [0.1, 0.15) is 38.2 Å². The third-order valence-corrected chi connectivity index (χ3v) is 5.61. The van der Waals surface area contributed by atoms with Crippen molar-refractivity contribution >= 4 is 13.8 Å². The van der Waals surface area contributed by atoms with Crippen LogP contribution in [-0.4, -0.2) is 11.1 Å². The van der Waals surface area contributed by atoms with Gasteiger partial charge >= 0.3 is 65.1 Å². The molecule has 7 nitrogen and oxygen atoms in total. The van der Waals surface area contributed by atoms with E-state index < -0.39 is 19.4 Å². The maximum Gasteiger partial charge on any atom is 1.00 e. The van der Waals surface area contributed by atoms with Crippen LogP contribution in [0, 0.1) is 13.8 Å². The van der Waals surface area contributed by atoms with Crippen molar-refractivity contribution in [3.8, 4) is 11.5 Å². The Bertz CT molecular complexity index is 1220. The molecule has 0 aliphatic carbocycles. The largest absolute Gasteiger partial charge is 1.00 e. The number of phenols is 1. The quantitative estimate of drug-likeness (QED) is 0.241. The fourth-order valence-corrected chi connectivity index (χ4v) is 4.12. The molecule has 1 heterocycles. The summed E-state index contributed by atoms with van der Waals surface area (Å²) in [6.45, 7) is 3.33. The summed E-state index contributed by atoms with van der Waals surface area (Å²) >= 11 is 0. The molecule has 1 atom stereocenters. The summed E-state index contributed by atoms with van der Waals surface area (Å²) < 4.78 is 21.7. The molecular formula is C22H17Na2O7P. The van der Waals surface area contributed by atoms with Crippen LogP contribution in [0.3, 0.4) is 0 Å². The maximum absolute atomic E-state index is 12.7. The predicted molar refractivity (Wildman–Crippen MR) is 104 cm³/mol. The first-order chi connectivity index (χ1) is 14.1.